The number of aryl methyl sites for hydroxylation is 2. The highest BCUT2D eigenvalue weighted by atomic mass is 32.1. The lowest BCUT2D eigenvalue weighted by atomic mass is 10.2. The van der Waals surface area contributed by atoms with E-state index in [9.17, 15) is 0 Å². The van der Waals surface area contributed by atoms with Gasteiger partial charge in [-0.15, -0.1) is 11.3 Å². The van der Waals surface area contributed by atoms with E-state index in [1.807, 2.05) is 25.1 Å². The molecule has 1 saturated carbocycles. The van der Waals surface area contributed by atoms with Crippen LogP contribution in [0.5, 0.6) is 0 Å². The first-order valence-electron chi connectivity index (χ1n) is 7.30. The van der Waals surface area contributed by atoms with Crippen molar-refractivity contribution in [3.8, 4) is 0 Å². The first-order chi connectivity index (χ1) is 10.1. The number of nitrogens with one attached hydrogen (secondary N) is 1. The van der Waals surface area contributed by atoms with Crippen LogP contribution in [-0.4, -0.2) is 28.0 Å². The summed E-state index contributed by atoms with van der Waals surface area (Å²) in [6.07, 6.45) is 4.54. The molecular weight excluding hydrogens is 282 g/mol. The summed E-state index contributed by atoms with van der Waals surface area (Å²) in [7, 11) is 2.01. The second-order valence-electron chi connectivity index (χ2n) is 5.65. The molecule has 0 aromatic carbocycles. The molecule has 0 amide bonds. The minimum Gasteiger partial charge on any atom is -0.338 e. The largest absolute Gasteiger partial charge is 0.338 e. The van der Waals surface area contributed by atoms with Gasteiger partial charge in [0.2, 0.25) is 5.95 Å². The Morgan fingerprint density at radius 3 is 2.76 bits per heavy atom. The summed E-state index contributed by atoms with van der Waals surface area (Å²) in [6.45, 7) is 5.68. The summed E-state index contributed by atoms with van der Waals surface area (Å²) >= 11 is 1.68. The van der Waals surface area contributed by atoms with Gasteiger partial charge in [-0.1, -0.05) is 0 Å². The molecule has 0 saturated heterocycles. The van der Waals surface area contributed by atoms with Gasteiger partial charge >= 0.3 is 0 Å². The maximum atomic E-state index is 4.62. The van der Waals surface area contributed by atoms with E-state index < -0.39 is 0 Å². The Bertz CT molecular complexity index is 620. The van der Waals surface area contributed by atoms with Gasteiger partial charge in [-0.3, -0.25) is 0 Å². The molecule has 5 nitrogen and oxygen atoms in total. The molecule has 2 aromatic heterocycles. The van der Waals surface area contributed by atoms with Gasteiger partial charge in [-0.2, -0.15) is 0 Å². The van der Waals surface area contributed by atoms with Crippen LogP contribution in [0.2, 0.25) is 0 Å². The topological polar surface area (TPSA) is 53.9 Å². The van der Waals surface area contributed by atoms with Crippen molar-refractivity contribution < 1.29 is 0 Å². The third kappa shape index (κ3) is 3.77. The third-order valence-electron chi connectivity index (χ3n) is 3.63. The second-order valence-corrected chi connectivity index (χ2v) is 6.71. The van der Waals surface area contributed by atoms with E-state index in [1.54, 1.807) is 11.3 Å². The predicted octanol–water partition coefficient (Wildman–Crippen LogP) is 2.44. The number of hydrogen-bond donors (Lipinski definition) is 1. The molecule has 1 fully saturated rings. The Labute approximate surface area is 129 Å². The minimum absolute atomic E-state index is 0.708. The summed E-state index contributed by atoms with van der Waals surface area (Å²) in [5.41, 5.74) is 3.30. The van der Waals surface area contributed by atoms with Crippen molar-refractivity contribution in [2.45, 2.75) is 45.8 Å². The number of rotatable bonds is 6. The van der Waals surface area contributed by atoms with Gasteiger partial charge in [-0.05, 0) is 26.7 Å². The fraction of sp³-hybridized carbons (Fsp3) is 0.533. The van der Waals surface area contributed by atoms with Gasteiger partial charge in [-0.25, -0.2) is 15.0 Å². The standard InChI is InChI=1S/C15H21N5S/c1-10-12(6-16-13-4-5-13)7-17-15(18-10)20(3)8-14-9-21-11(2)19-14/h7,9,13,16H,4-6,8H2,1-3H3. The fourth-order valence-corrected chi connectivity index (χ4v) is 2.78. The van der Waals surface area contributed by atoms with E-state index in [0.29, 0.717) is 6.04 Å². The molecule has 0 unspecified atom stereocenters. The lowest BCUT2D eigenvalue weighted by Gasteiger charge is -2.17. The fourth-order valence-electron chi connectivity index (χ4n) is 2.17. The van der Waals surface area contributed by atoms with Gasteiger partial charge in [0.1, 0.15) is 0 Å². The molecule has 6 heteroatoms. The average molecular weight is 303 g/mol. The highest BCUT2D eigenvalue weighted by molar-refractivity contribution is 7.09. The van der Waals surface area contributed by atoms with E-state index in [4.69, 9.17) is 0 Å². The Morgan fingerprint density at radius 1 is 1.33 bits per heavy atom. The Hall–Kier alpha value is -1.53. The van der Waals surface area contributed by atoms with E-state index in [0.717, 1.165) is 35.4 Å². The van der Waals surface area contributed by atoms with E-state index in [-0.39, 0.29) is 0 Å². The number of nitrogens with zero attached hydrogens (tertiary/aromatic N) is 4. The normalized spacial score (nSPS) is 14.4. The lowest BCUT2D eigenvalue weighted by molar-refractivity contribution is 0.678. The minimum atomic E-state index is 0.708. The van der Waals surface area contributed by atoms with Crippen LogP contribution >= 0.6 is 11.3 Å². The molecule has 3 rings (SSSR count). The molecule has 112 valence electrons. The second kappa shape index (κ2) is 6.07. The van der Waals surface area contributed by atoms with E-state index >= 15 is 0 Å². The highest BCUT2D eigenvalue weighted by Crippen LogP contribution is 2.20. The molecule has 0 radical (unpaired) electrons. The first-order valence-corrected chi connectivity index (χ1v) is 8.18. The van der Waals surface area contributed by atoms with Crippen molar-refractivity contribution in [2.24, 2.45) is 0 Å². The van der Waals surface area contributed by atoms with Crippen LogP contribution in [0.25, 0.3) is 0 Å². The summed E-state index contributed by atoms with van der Waals surface area (Å²) in [4.78, 5) is 15.6. The lowest BCUT2D eigenvalue weighted by Crippen LogP contribution is -2.21. The van der Waals surface area contributed by atoms with Gasteiger partial charge in [0.05, 0.1) is 17.2 Å². The molecule has 0 spiro atoms. The predicted molar refractivity (Wildman–Crippen MR) is 85.6 cm³/mol. The zero-order chi connectivity index (χ0) is 14.8. The molecule has 2 heterocycles. The van der Waals surface area contributed by atoms with E-state index in [2.05, 4.69) is 32.6 Å². The molecule has 0 bridgehead atoms. The monoisotopic (exact) mass is 303 g/mol. The van der Waals surface area contributed by atoms with Crippen LogP contribution in [-0.2, 0) is 13.1 Å². The quantitative estimate of drug-likeness (QED) is 0.888. The summed E-state index contributed by atoms with van der Waals surface area (Å²) in [6, 6.07) is 0.708. The molecular formula is C15H21N5S. The van der Waals surface area contributed by atoms with Crippen molar-refractivity contribution in [3.63, 3.8) is 0 Å². The van der Waals surface area contributed by atoms with Crippen LogP contribution in [0.1, 0.15) is 34.8 Å². The van der Waals surface area contributed by atoms with Crippen molar-refractivity contribution in [3.05, 3.63) is 33.5 Å². The molecule has 0 atom stereocenters. The molecule has 1 aliphatic rings. The van der Waals surface area contributed by atoms with Gasteiger partial charge in [0.25, 0.3) is 0 Å². The first kappa shape index (κ1) is 14.4. The molecule has 21 heavy (non-hydrogen) atoms. The summed E-state index contributed by atoms with van der Waals surface area (Å²) in [5.74, 6) is 0.758. The average Bonchev–Trinajstić information content (AvgIpc) is 3.20. The highest BCUT2D eigenvalue weighted by Gasteiger charge is 2.20. The van der Waals surface area contributed by atoms with Crippen LogP contribution in [0.15, 0.2) is 11.6 Å². The number of thiazole rings is 1. The number of hydrogen-bond acceptors (Lipinski definition) is 6. The Kier molecular flexibility index (Phi) is 4.17. The van der Waals surface area contributed by atoms with Gasteiger partial charge < -0.3 is 10.2 Å². The maximum absolute atomic E-state index is 4.62. The molecule has 1 aliphatic carbocycles. The zero-order valence-electron chi connectivity index (χ0n) is 12.8. The molecule has 1 N–H and O–H groups in total. The summed E-state index contributed by atoms with van der Waals surface area (Å²) < 4.78 is 0. The summed E-state index contributed by atoms with van der Waals surface area (Å²) in [5, 5.41) is 6.69. The SMILES string of the molecule is Cc1nc(CN(C)c2ncc(CNC3CC3)c(C)n2)cs1. The van der Waals surface area contributed by atoms with E-state index in [1.165, 1.54) is 18.4 Å². The smallest absolute Gasteiger partial charge is 0.225 e. The molecule has 0 aliphatic heterocycles. The van der Waals surface area contributed by atoms with Crippen molar-refractivity contribution in [1.29, 1.82) is 0 Å². The number of aromatic nitrogens is 3. The van der Waals surface area contributed by atoms with Crippen molar-refractivity contribution in [1.82, 2.24) is 20.3 Å². The van der Waals surface area contributed by atoms with Gasteiger partial charge in [0, 0.05) is 42.5 Å². The van der Waals surface area contributed by atoms with Crippen molar-refractivity contribution >= 4 is 17.3 Å². The van der Waals surface area contributed by atoms with Crippen LogP contribution in [0.4, 0.5) is 5.95 Å². The number of anilines is 1. The van der Waals surface area contributed by atoms with Gasteiger partial charge in [0.15, 0.2) is 0 Å². The third-order valence-corrected chi connectivity index (χ3v) is 4.46. The van der Waals surface area contributed by atoms with Crippen LogP contribution in [0, 0.1) is 13.8 Å². The maximum Gasteiger partial charge on any atom is 0.225 e. The molecule has 2 aromatic rings. The Balaban J connectivity index is 1.65. The van der Waals surface area contributed by atoms with Crippen LogP contribution in [0.3, 0.4) is 0 Å². The zero-order valence-corrected chi connectivity index (χ0v) is 13.6. The van der Waals surface area contributed by atoms with Crippen LogP contribution < -0.4 is 10.2 Å². The van der Waals surface area contributed by atoms with Crippen molar-refractivity contribution in [2.75, 3.05) is 11.9 Å². The Morgan fingerprint density at radius 2 is 2.14 bits per heavy atom.